The molecule has 0 unspecified atom stereocenters. The SMILES string of the molecule is CN1C(=CC(=O)COC(=O)C2(c3ccccc3F)CCCC2)C(C)(C)c2ccccc21. The van der Waals surface area contributed by atoms with Gasteiger partial charge in [0.1, 0.15) is 5.82 Å². The van der Waals surface area contributed by atoms with E-state index in [0.717, 1.165) is 29.8 Å². The van der Waals surface area contributed by atoms with Crippen LogP contribution in [0.15, 0.2) is 60.3 Å². The fourth-order valence-corrected chi connectivity index (χ4v) is 5.14. The number of carbonyl (C=O) groups is 2. The van der Waals surface area contributed by atoms with Gasteiger partial charge in [-0.3, -0.25) is 9.59 Å². The van der Waals surface area contributed by atoms with Gasteiger partial charge in [0.15, 0.2) is 12.4 Å². The van der Waals surface area contributed by atoms with Crippen LogP contribution < -0.4 is 4.90 Å². The third kappa shape index (κ3) is 3.56. The van der Waals surface area contributed by atoms with Crippen LogP contribution in [0.25, 0.3) is 0 Å². The van der Waals surface area contributed by atoms with Gasteiger partial charge in [-0.05, 0) is 30.5 Å². The van der Waals surface area contributed by atoms with E-state index < -0.39 is 17.2 Å². The Kier molecular flexibility index (Phi) is 5.46. The molecule has 0 N–H and O–H groups in total. The fourth-order valence-electron chi connectivity index (χ4n) is 5.14. The average Bonchev–Trinajstić information content (AvgIpc) is 3.32. The summed E-state index contributed by atoms with van der Waals surface area (Å²) in [4.78, 5) is 27.8. The number of para-hydroxylation sites is 1. The van der Waals surface area contributed by atoms with Crippen molar-refractivity contribution in [1.82, 2.24) is 0 Å². The highest BCUT2D eigenvalue weighted by Gasteiger charge is 2.46. The molecule has 31 heavy (non-hydrogen) atoms. The van der Waals surface area contributed by atoms with E-state index in [1.54, 1.807) is 24.3 Å². The van der Waals surface area contributed by atoms with Crippen LogP contribution in [0.3, 0.4) is 0 Å². The van der Waals surface area contributed by atoms with Crippen molar-refractivity contribution in [1.29, 1.82) is 0 Å². The minimum atomic E-state index is -1.00. The molecule has 0 radical (unpaired) electrons. The topological polar surface area (TPSA) is 46.6 Å². The highest BCUT2D eigenvalue weighted by atomic mass is 19.1. The first kappa shape index (κ1) is 21.3. The highest BCUT2D eigenvalue weighted by molar-refractivity contribution is 5.95. The molecule has 0 bridgehead atoms. The van der Waals surface area contributed by atoms with Crippen LogP contribution >= 0.6 is 0 Å². The molecule has 4 rings (SSSR count). The number of hydrogen-bond acceptors (Lipinski definition) is 4. The van der Waals surface area contributed by atoms with Crippen molar-refractivity contribution in [2.75, 3.05) is 18.6 Å². The van der Waals surface area contributed by atoms with E-state index in [9.17, 15) is 14.0 Å². The summed E-state index contributed by atoms with van der Waals surface area (Å²) in [6.07, 6.45) is 4.30. The van der Waals surface area contributed by atoms with Gasteiger partial charge in [-0.2, -0.15) is 0 Å². The summed E-state index contributed by atoms with van der Waals surface area (Å²) in [5.41, 5.74) is 2.12. The summed E-state index contributed by atoms with van der Waals surface area (Å²) in [7, 11) is 1.93. The standard InChI is InChI=1S/C26H28FNO3/c1-25(2)20-11-5-7-13-22(20)28(3)23(25)16-18(29)17-31-24(30)26(14-8-9-15-26)19-10-4-6-12-21(19)27/h4-7,10-13,16H,8-9,14-15,17H2,1-3H3. The van der Waals surface area contributed by atoms with Gasteiger partial charge in [-0.15, -0.1) is 0 Å². The van der Waals surface area contributed by atoms with Crippen LogP contribution in [-0.2, 0) is 25.2 Å². The van der Waals surface area contributed by atoms with E-state index in [2.05, 4.69) is 19.9 Å². The largest absolute Gasteiger partial charge is 0.457 e. The number of anilines is 1. The maximum absolute atomic E-state index is 14.5. The number of likely N-dealkylation sites (N-methyl/N-ethyl adjacent to an activating group) is 1. The molecular formula is C26H28FNO3. The first-order chi connectivity index (χ1) is 14.8. The molecule has 4 nitrogen and oxygen atoms in total. The molecule has 1 aliphatic carbocycles. The molecule has 0 saturated heterocycles. The summed E-state index contributed by atoms with van der Waals surface area (Å²) >= 11 is 0. The predicted octanol–water partition coefficient (Wildman–Crippen LogP) is 5.06. The fraction of sp³-hybridized carbons (Fsp3) is 0.385. The normalized spacial score (nSPS) is 20.0. The van der Waals surface area contributed by atoms with Gasteiger partial charge in [0, 0.05) is 35.5 Å². The number of ether oxygens (including phenoxy) is 1. The highest BCUT2D eigenvalue weighted by Crippen LogP contribution is 2.46. The van der Waals surface area contributed by atoms with Gasteiger partial charge >= 0.3 is 5.97 Å². The van der Waals surface area contributed by atoms with Gasteiger partial charge in [0.05, 0.1) is 5.41 Å². The van der Waals surface area contributed by atoms with Crippen LogP contribution in [0.4, 0.5) is 10.1 Å². The minimum Gasteiger partial charge on any atom is -0.457 e. The summed E-state index contributed by atoms with van der Waals surface area (Å²) < 4.78 is 20.0. The molecule has 0 atom stereocenters. The summed E-state index contributed by atoms with van der Waals surface area (Å²) in [5, 5.41) is 0. The lowest BCUT2D eigenvalue weighted by molar-refractivity contribution is -0.153. The Hall–Kier alpha value is -2.95. The number of allylic oxidation sites excluding steroid dienone is 1. The first-order valence-electron chi connectivity index (χ1n) is 10.8. The second-order valence-corrected chi connectivity index (χ2v) is 9.04. The Labute approximate surface area is 182 Å². The van der Waals surface area contributed by atoms with E-state index in [0.29, 0.717) is 18.4 Å². The number of benzene rings is 2. The monoisotopic (exact) mass is 421 g/mol. The first-order valence-corrected chi connectivity index (χ1v) is 10.8. The van der Waals surface area contributed by atoms with Crippen molar-refractivity contribution in [3.63, 3.8) is 0 Å². The van der Waals surface area contributed by atoms with Crippen molar-refractivity contribution in [2.45, 2.75) is 50.4 Å². The molecule has 1 aliphatic heterocycles. The van der Waals surface area contributed by atoms with Crippen LogP contribution in [0.5, 0.6) is 0 Å². The van der Waals surface area contributed by atoms with Gasteiger partial charge in [-0.25, -0.2) is 4.39 Å². The van der Waals surface area contributed by atoms with Crippen molar-refractivity contribution in [3.05, 3.63) is 77.2 Å². The van der Waals surface area contributed by atoms with Crippen molar-refractivity contribution < 1.29 is 18.7 Å². The number of fused-ring (bicyclic) bond motifs is 1. The summed E-state index contributed by atoms with van der Waals surface area (Å²) in [6, 6.07) is 14.4. The molecule has 0 amide bonds. The number of nitrogens with zero attached hydrogens (tertiary/aromatic N) is 1. The zero-order chi connectivity index (χ0) is 22.2. The zero-order valence-corrected chi connectivity index (χ0v) is 18.3. The van der Waals surface area contributed by atoms with Crippen molar-refractivity contribution >= 4 is 17.4 Å². The summed E-state index contributed by atoms with van der Waals surface area (Å²) in [6.45, 7) is 3.80. The molecule has 162 valence electrons. The van der Waals surface area contributed by atoms with Gasteiger partial charge in [-0.1, -0.05) is 63.1 Å². The van der Waals surface area contributed by atoms with Gasteiger partial charge < -0.3 is 9.64 Å². The number of hydrogen-bond donors (Lipinski definition) is 0. The van der Waals surface area contributed by atoms with Crippen LogP contribution in [-0.4, -0.2) is 25.4 Å². The van der Waals surface area contributed by atoms with E-state index in [4.69, 9.17) is 4.74 Å². The number of carbonyl (C=O) groups excluding carboxylic acids is 2. The molecule has 1 fully saturated rings. The lowest BCUT2D eigenvalue weighted by Gasteiger charge is -2.27. The molecule has 2 aliphatic rings. The van der Waals surface area contributed by atoms with Crippen molar-refractivity contribution in [3.8, 4) is 0 Å². The smallest absolute Gasteiger partial charge is 0.317 e. The Balaban J connectivity index is 1.51. The van der Waals surface area contributed by atoms with E-state index in [1.807, 2.05) is 30.1 Å². The minimum absolute atomic E-state index is 0.280. The third-order valence-corrected chi connectivity index (χ3v) is 6.82. The molecule has 1 saturated carbocycles. The second kappa shape index (κ2) is 7.95. The lowest BCUT2D eigenvalue weighted by atomic mass is 9.78. The van der Waals surface area contributed by atoms with Gasteiger partial charge in [0.25, 0.3) is 0 Å². The third-order valence-electron chi connectivity index (χ3n) is 6.82. The van der Waals surface area contributed by atoms with E-state index >= 15 is 0 Å². The lowest BCUT2D eigenvalue weighted by Crippen LogP contribution is -2.36. The number of esters is 1. The Morgan fingerprint density at radius 3 is 2.29 bits per heavy atom. The Morgan fingerprint density at radius 1 is 1.03 bits per heavy atom. The number of rotatable bonds is 5. The van der Waals surface area contributed by atoms with Crippen LogP contribution in [0.1, 0.15) is 50.7 Å². The molecule has 0 spiro atoms. The quantitative estimate of drug-likeness (QED) is 0.500. The maximum Gasteiger partial charge on any atom is 0.317 e. The summed E-state index contributed by atoms with van der Waals surface area (Å²) in [5.74, 6) is -1.19. The zero-order valence-electron chi connectivity index (χ0n) is 18.3. The average molecular weight is 422 g/mol. The molecule has 0 aromatic heterocycles. The molecule has 5 heteroatoms. The predicted molar refractivity (Wildman–Crippen MR) is 118 cm³/mol. The maximum atomic E-state index is 14.5. The van der Waals surface area contributed by atoms with Crippen LogP contribution in [0, 0.1) is 5.82 Å². The second-order valence-electron chi connectivity index (χ2n) is 9.04. The Bertz CT molecular complexity index is 1050. The molecule has 1 heterocycles. The number of halogens is 1. The number of ketones is 1. The Morgan fingerprint density at radius 2 is 1.65 bits per heavy atom. The molecule has 2 aromatic carbocycles. The van der Waals surface area contributed by atoms with Crippen LogP contribution in [0.2, 0.25) is 0 Å². The van der Waals surface area contributed by atoms with Gasteiger partial charge in [0.2, 0.25) is 0 Å². The van der Waals surface area contributed by atoms with E-state index in [-0.39, 0.29) is 17.8 Å². The molecular weight excluding hydrogens is 393 g/mol. The molecule has 2 aromatic rings. The van der Waals surface area contributed by atoms with E-state index in [1.165, 1.54) is 6.07 Å². The van der Waals surface area contributed by atoms with Crippen molar-refractivity contribution in [2.24, 2.45) is 0 Å².